The molecule has 2 aromatic rings. The largest absolute Gasteiger partial charge is 0.497 e. The summed E-state index contributed by atoms with van der Waals surface area (Å²) in [4.78, 5) is 0. The maximum Gasteiger partial charge on any atom is 0.123 e. The minimum absolute atomic E-state index is 0.0175. The van der Waals surface area contributed by atoms with E-state index in [9.17, 15) is 4.39 Å². The van der Waals surface area contributed by atoms with Crippen LogP contribution in [0.5, 0.6) is 5.75 Å². The van der Waals surface area contributed by atoms with Crippen LogP contribution < -0.4 is 10.1 Å². The molecule has 0 saturated carbocycles. The van der Waals surface area contributed by atoms with Gasteiger partial charge in [0.1, 0.15) is 11.6 Å². The normalized spacial score (nSPS) is 24.9. The second-order valence-electron chi connectivity index (χ2n) is 8.14. The van der Waals surface area contributed by atoms with Gasteiger partial charge in [-0.15, -0.1) is 0 Å². The quantitative estimate of drug-likeness (QED) is 0.631. The van der Waals surface area contributed by atoms with Crippen LogP contribution in [0.15, 0.2) is 48.5 Å². The van der Waals surface area contributed by atoms with Crippen LogP contribution in [0.2, 0.25) is 0 Å². The molecule has 1 heterocycles. The Morgan fingerprint density at radius 3 is 2.46 bits per heavy atom. The molecule has 3 rings (SSSR count). The van der Waals surface area contributed by atoms with Gasteiger partial charge in [-0.2, -0.15) is 0 Å². The molecule has 0 radical (unpaired) electrons. The molecule has 1 aliphatic heterocycles. The van der Waals surface area contributed by atoms with E-state index in [1.54, 1.807) is 19.2 Å². The highest BCUT2D eigenvalue weighted by molar-refractivity contribution is 5.28. The van der Waals surface area contributed by atoms with Gasteiger partial charge in [0.2, 0.25) is 0 Å². The average Bonchev–Trinajstić information content (AvgIpc) is 2.72. The smallest absolute Gasteiger partial charge is 0.123 e. The lowest BCUT2D eigenvalue weighted by atomic mass is 9.66. The molecule has 0 aromatic heterocycles. The zero-order chi connectivity index (χ0) is 20.0. The lowest BCUT2D eigenvalue weighted by Crippen LogP contribution is -2.46. The molecule has 2 aromatic carbocycles. The van der Waals surface area contributed by atoms with Gasteiger partial charge < -0.3 is 14.8 Å². The Balaban J connectivity index is 1.68. The minimum atomic E-state index is -0.179. The molecule has 4 heteroatoms. The third-order valence-electron chi connectivity index (χ3n) is 6.22. The predicted octanol–water partition coefficient (Wildman–Crippen LogP) is 5.23. The third-order valence-corrected chi connectivity index (χ3v) is 6.22. The Bertz CT molecular complexity index is 746. The summed E-state index contributed by atoms with van der Waals surface area (Å²) < 4.78 is 24.8. The summed E-state index contributed by atoms with van der Waals surface area (Å²) in [6, 6.07) is 15.2. The Morgan fingerprint density at radius 2 is 1.82 bits per heavy atom. The first-order valence-electron chi connectivity index (χ1n) is 10.2. The maximum atomic E-state index is 13.5. The summed E-state index contributed by atoms with van der Waals surface area (Å²) in [7, 11) is 1.68. The van der Waals surface area contributed by atoms with Crippen molar-refractivity contribution in [2.75, 3.05) is 20.3 Å². The Labute approximate surface area is 168 Å². The van der Waals surface area contributed by atoms with Gasteiger partial charge in [0, 0.05) is 18.6 Å². The van der Waals surface area contributed by atoms with Crippen molar-refractivity contribution in [2.45, 2.75) is 57.1 Å². The molecule has 3 nitrogen and oxygen atoms in total. The standard InChI is InChI=1S/C24H32FNO2/c1-4-23(2)18-24(14-16-28-23,20-7-9-21(25)10-8-20)13-15-26-17-19-5-11-22(27-3)12-6-19/h5-12,26H,4,13-18H2,1-3H3/t23-,24-/m1/s1. The summed E-state index contributed by atoms with van der Waals surface area (Å²) in [5.74, 6) is 0.696. The lowest BCUT2D eigenvalue weighted by Gasteiger charge is -2.47. The molecule has 152 valence electrons. The van der Waals surface area contributed by atoms with E-state index in [4.69, 9.17) is 9.47 Å². The van der Waals surface area contributed by atoms with Crippen LogP contribution in [0.3, 0.4) is 0 Å². The number of halogens is 1. The SMILES string of the molecule is CC[C@]1(C)C[C@](CCNCc2ccc(OC)cc2)(c2ccc(F)cc2)CCO1. The number of ether oxygens (including phenoxy) is 2. The van der Waals surface area contributed by atoms with E-state index >= 15 is 0 Å². The van der Waals surface area contributed by atoms with Crippen molar-refractivity contribution in [1.29, 1.82) is 0 Å². The molecule has 0 spiro atoms. The maximum absolute atomic E-state index is 13.5. The fourth-order valence-corrected chi connectivity index (χ4v) is 4.29. The van der Waals surface area contributed by atoms with Gasteiger partial charge in [-0.05, 0) is 74.5 Å². The second-order valence-corrected chi connectivity index (χ2v) is 8.14. The predicted molar refractivity (Wildman–Crippen MR) is 111 cm³/mol. The third kappa shape index (κ3) is 4.92. The molecule has 1 aliphatic rings. The van der Waals surface area contributed by atoms with Crippen molar-refractivity contribution >= 4 is 0 Å². The van der Waals surface area contributed by atoms with Gasteiger partial charge in [-0.25, -0.2) is 4.39 Å². The first-order chi connectivity index (χ1) is 13.5. The number of hydrogen-bond acceptors (Lipinski definition) is 3. The monoisotopic (exact) mass is 385 g/mol. The summed E-state index contributed by atoms with van der Waals surface area (Å²) in [5, 5.41) is 3.58. The molecule has 1 fully saturated rings. The van der Waals surface area contributed by atoms with Gasteiger partial charge in [-0.1, -0.05) is 31.2 Å². The van der Waals surface area contributed by atoms with E-state index in [2.05, 4.69) is 31.3 Å². The highest BCUT2D eigenvalue weighted by atomic mass is 19.1. The van der Waals surface area contributed by atoms with Crippen molar-refractivity contribution in [2.24, 2.45) is 0 Å². The fourth-order valence-electron chi connectivity index (χ4n) is 4.29. The van der Waals surface area contributed by atoms with Gasteiger partial charge >= 0.3 is 0 Å². The molecule has 2 atom stereocenters. The van der Waals surface area contributed by atoms with E-state index in [0.29, 0.717) is 0 Å². The molecule has 1 N–H and O–H groups in total. The van der Waals surface area contributed by atoms with Gasteiger partial charge in [0.25, 0.3) is 0 Å². The van der Waals surface area contributed by atoms with Crippen LogP contribution in [-0.2, 0) is 16.7 Å². The Kier molecular flexibility index (Phi) is 6.73. The zero-order valence-electron chi connectivity index (χ0n) is 17.3. The van der Waals surface area contributed by atoms with Gasteiger partial charge in [0.15, 0.2) is 0 Å². The average molecular weight is 386 g/mol. The molecule has 0 aliphatic carbocycles. The molecule has 0 unspecified atom stereocenters. The van der Waals surface area contributed by atoms with Crippen LogP contribution in [-0.4, -0.2) is 25.9 Å². The van der Waals surface area contributed by atoms with Crippen molar-refractivity contribution in [1.82, 2.24) is 5.32 Å². The molecule has 1 saturated heterocycles. The first-order valence-corrected chi connectivity index (χ1v) is 10.2. The number of rotatable bonds is 8. The minimum Gasteiger partial charge on any atom is -0.497 e. The zero-order valence-corrected chi connectivity index (χ0v) is 17.3. The summed E-state index contributed by atoms with van der Waals surface area (Å²) >= 11 is 0. The van der Waals surface area contributed by atoms with E-state index in [1.807, 2.05) is 24.3 Å². The number of benzene rings is 2. The topological polar surface area (TPSA) is 30.5 Å². The molecule has 28 heavy (non-hydrogen) atoms. The summed E-state index contributed by atoms with van der Waals surface area (Å²) in [6.07, 6.45) is 3.92. The summed E-state index contributed by atoms with van der Waals surface area (Å²) in [5.41, 5.74) is 2.36. The van der Waals surface area contributed by atoms with Crippen molar-refractivity contribution in [3.63, 3.8) is 0 Å². The first kappa shape index (κ1) is 20.8. The summed E-state index contributed by atoms with van der Waals surface area (Å²) in [6.45, 7) is 6.87. The van der Waals surface area contributed by atoms with E-state index < -0.39 is 0 Å². The van der Waals surface area contributed by atoms with Gasteiger partial charge in [0.05, 0.1) is 12.7 Å². The molecular weight excluding hydrogens is 353 g/mol. The van der Waals surface area contributed by atoms with Crippen LogP contribution in [0.1, 0.15) is 50.7 Å². The highest BCUT2D eigenvalue weighted by Gasteiger charge is 2.43. The number of hydrogen-bond donors (Lipinski definition) is 1. The van der Waals surface area contributed by atoms with Crippen LogP contribution in [0.4, 0.5) is 4.39 Å². The van der Waals surface area contributed by atoms with Crippen molar-refractivity contribution in [3.05, 3.63) is 65.5 Å². The van der Waals surface area contributed by atoms with E-state index in [1.165, 1.54) is 11.1 Å². The fraction of sp³-hybridized carbons (Fsp3) is 0.500. The van der Waals surface area contributed by atoms with E-state index in [0.717, 1.165) is 51.1 Å². The molecule has 0 bridgehead atoms. The van der Waals surface area contributed by atoms with Gasteiger partial charge in [-0.3, -0.25) is 0 Å². The van der Waals surface area contributed by atoms with Crippen LogP contribution >= 0.6 is 0 Å². The molecular formula is C24H32FNO2. The van der Waals surface area contributed by atoms with Crippen LogP contribution in [0, 0.1) is 5.82 Å². The number of methoxy groups -OCH3 is 1. The lowest BCUT2D eigenvalue weighted by molar-refractivity contribution is -0.0979. The Hall–Kier alpha value is -1.91. The van der Waals surface area contributed by atoms with Crippen molar-refractivity contribution < 1.29 is 13.9 Å². The highest BCUT2D eigenvalue weighted by Crippen LogP contribution is 2.45. The van der Waals surface area contributed by atoms with E-state index in [-0.39, 0.29) is 16.8 Å². The second kappa shape index (κ2) is 9.06. The van der Waals surface area contributed by atoms with Crippen molar-refractivity contribution in [3.8, 4) is 5.75 Å². The van der Waals surface area contributed by atoms with Crippen LogP contribution in [0.25, 0.3) is 0 Å². The number of nitrogens with one attached hydrogen (secondary N) is 1. The molecule has 0 amide bonds. The Morgan fingerprint density at radius 1 is 1.11 bits per heavy atom.